The highest BCUT2D eigenvalue weighted by Gasteiger charge is 2.39. The molecule has 0 unspecified atom stereocenters. The second-order valence-electron chi connectivity index (χ2n) is 9.68. The zero-order chi connectivity index (χ0) is 23.6. The fourth-order valence-corrected chi connectivity index (χ4v) is 6.38. The van der Waals surface area contributed by atoms with E-state index in [4.69, 9.17) is 0 Å². The van der Waals surface area contributed by atoms with Gasteiger partial charge in [0, 0.05) is 6.54 Å². The van der Waals surface area contributed by atoms with Crippen molar-refractivity contribution in [1.29, 1.82) is 0 Å². The van der Waals surface area contributed by atoms with Crippen molar-refractivity contribution < 1.29 is 26.4 Å². The number of benzene rings is 1. The van der Waals surface area contributed by atoms with Gasteiger partial charge in [0.1, 0.15) is 0 Å². The molecule has 0 radical (unpaired) electrons. The molecule has 0 spiro atoms. The Bertz CT molecular complexity index is 909. The van der Waals surface area contributed by atoms with Crippen LogP contribution < -0.4 is 10.6 Å². The van der Waals surface area contributed by atoms with E-state index in [0.717, 1.165) is 25.1 Å². The molecule has 5 nitrogen and oxygen atoms in total. The van der Waals surface area contributed by atoms with Crippen LogP contribution >= 0.6 is 0 Å². The maximum Gasteiger partial charge on any atom is 0.416 e. The first kappa shape index (κ1) is 25.0. The van der Waals surface area contributed by atoms with Gasteiger partial charge in [0.25, 0.3) is 0 Å². The summed E-state index contributed by atoms with van der Waals surface area (Å²) < 4.78 is 63.6. The molecule has 1 aromatic carbocycles. The molecule has 0 bridgehead atoms. The van der Waals surface area contributed by atoms with E-state index in [1.54, 1.807) is 0 Å². The lowest BCUT2D eigenvalue weighted by Gasteiger charge is -2.27. The number of hydrogen-bond acceptors (Lipinski definition) is 4. The number of carbonyl (C=O) groups is 1. The molecule has 32 heavy (non-hydrogen) atoms. The van der Waals surface area contributed by atoms with Crippen LogP contribution in [0, 0.1) is 11.8 Å². The van der Waals surface area contributed by atoms with Crippen molar-refractivity contribution in [3.63, 3.8) is 0 Å². The normalized spacial score (nSPS) is 23.3. The van der Waals surface area contributed by atoms with Gasteiger partial charge in [0.2, 0.25) is 5.91 Å². The minimum Gasteiger partial charge on any atom is -0.355 e. The maximum atomic E-state index is 13.0. The summed E-state index contributed by atoms with van der Waals surface area (Å²) in [5.41, 5.74) is -0.998. The number of nitrogens with one attached hydrogen (secondary N) is 2. The van der Waals surface area contributed by atoms with Crippen LogP contribution in [0.3, 0.4) is 0 Å². The van der Waals surface area contributed by atoms with Crippen LogP contribution in [-0.4, -0.2) is 38.2 Å². The van der Waals surface area contributed by atoms with E-state index in [2.05, 4.69) is 10.6 Å². The van der Waals surface area contributed by atoms with Crippen LogP contribution in [0.5, 0.6) is 0 Å². The quantitative estimate of drug-likeness (QED) is 0.617. The number of carbonyl (C=O) groups excluding carboxylic acids is 1. The lowest BCUT2D eigenvalue weighted by Crippen LogP contribution is -2.43. The number of rotatable bonds is 7. The average molecular weight is 475 g/mol. The van der Waals surface area contributed by atoms with Crippen LogP contribution in [0.1, 0.15) is 64.4 Å². The molecule has 1 amide bonds. The molecule has 1 saturated heterocycles. The summed E-state index contributed by atoms with van der Waals surface area (Å²) in [7, 11) is -4.03. The molecular formula is C23H33F3N2O3S. The van der Waals surface area contributed by atoms with Gasteiger partial charge >= 0.3 is 6.18 Å². The molecule has 1 heterocycles. The molecule has 2 atom stereocenters. The number of halogens is 3. The van der Waals surface area contributed by atoms with E-state index in [-0.39, 0.29) is 29.8 Å². The van der Waals surface area contributed by atoms with Gasteiger partial charge in [-0.2, -0.15) is 13.2 Å². The second kappa shape index (κ2) is 9.71. The molecule has 180 valence electrons. The predicted octanol–water partition coefficient (Wildman–Crippen LogP) is 4.32. The smallest absolute Gasteiger partial charge is 0.355 e. The molecule has 9 heteroatoms. The summed E-state index contributed by atoms with van der Waals surface area (Å²) in [6, 6.07) is 3.52. The Balaban J connectivity index is 1.55. The SMILES string of the molecule is CC(C)(CCNC(=O)[C@@H]1C[C@@H](C2CCCCC2)CN1)S(=O)(=O)c1cccc(C(F)(F)F)c1. The summed E-state index contributed by atoms with van der Waals surface area (Å²) in [6.45, 7) is 3.91. The number of hydrogen-bond donors (Lipinski definition) is 2. The molecule has 2 N–H and O–H groups in total. The number of alkyl halides is 3. The van der Waals surface area contributed by atoms with Crippen molar-refractivity contribution in [3.05, 3.63) is 29.8 Å². The molecular weight excluding hydrogens is 441 g/mol. The van der Waals surface area contributed by atoms with Crippen LogP contribution in [0.4, 0.5) is 13.2 Å². The fourth-order valence-electron chi connectivity index (χ4n) is 4.83. The molecule has 2 aliphatic rings. The lowest BCUT2D eigenvalue weighted by molar-refractivity contribution is -0.137. The zero-order valence-corrected chi connectivity index (χ0v) is 19.5. The predicted molar refractivity (Wildman–Crippen MR) is 117 cm³/mol. The Hall–Kier alpha value is -1.61. The Morgan fingerprint density at radius 2 is 1.81 bits per heavy atom. The minimum atomic E-state index is -4.62. The third-order valence-electron chi connectivity index (χ3n) is 7.02. The van der Waals surface area contributed by atoms with E-state index in [0.29, 0.717) is 17.9 Å². The van der Waals surface area contributed by atoms with Crippen molar-refractivity contribution in [3.8, 4) is 0 Å². The van der Waals surface area contributed by atoms with Crippen molar-refractivity contribution in [2.24, 2.45) is 11.8 Å². The van der Waals surface area contributed by atoms with Crippen LogP contribution in [-0.2, 0) is 20.8 Å². The molecule has 1 aliphatic heterocycles. The van der Waals surface area contributed by atoms with Crippen molar-refractivity contribution in [2.45, 2.75) is 80.7 Å². The highest BCUT2D eigenvalue weighted by atomic mass is 32.2. The molecule has 1 aliphatic carbocycles. The Morgan fingerprint density at radius 3 is 2.47 bits per heavy atom. The Kier molecular flexibility index (Phi) is 7.59. The highest BCUT2D eigenvalue weighted by molar-refractivity contribution is 7.92. The first-order chi connectivity index (χ1) is 14.9. The second-order valence-corrected chi connectivity index (χ2v) is 12.3. The average Bonchev–Trinajstić information content (AvgIpc) is 3.24. The van der Waals surface area contributed by atoms with Crippen molar-refractivity contribution in [1.82, 2.24) is 10.6 Å². The van der Waals surface area contributed by atoms with Gasteiger partial charge in [-0.05, 0) is 63.3 Å². The van der Waals surface area contributed by atoms with E-state index in [1.165, 1.54) is 52.0 Å². The highest BCUT2D eigenvalue weighted by Crippen LogP contribution is 2.35. The fraction of sp³-hybridized carbons (Fsp3) is 0.696. The topological polar surface area (TPSA) is 75.3 Å². The summed E-state index contributed by atoms with van der Waals surface area (Å²) in [5, 5.41) is 6.11. The molecule has 2 fully saturated rings. The third-order valence-corrected chi connectivity index (χ3v) is 9.56. The number of amides is 1. The van der Waals surface area contributed by atoms with Gasteiger partial charge in [-0.1, -0.05) is 38.2 Å². The zero-order valence-electron chi connectivity index (χ0n) is 18.7. The maximum absolute atomic E-state index is 13.0. The summed E-state index contributed by atoms with van der Waals surface area (Å²) in [4.78, 5) is 12.2. The third kappa shape index (κ3) is 5.65. The first-order valence-corrected chi connectivity index (χ1v) is 12.8. The van der Waals surface area contributed by atoms with Gasteiger partial charge in [-0.3, -0.25) is 4.79 Å². The lowest BCUT2D eigenvalue weighted by atomic mass is 9.79. The Labute approximate surface area is 188 Å². The molecule has 3 rings (SSSR count). The monoisotopic (exact) mass is 474 g/mol. The van der Waals surface area contributed by atoms with Crippen LogP contribution in [0.25, 0.3) is 0 Å². The minimum absolute atomic E-state index is 0.0933. The molecule has 1 saturated carbocycles. The Morgan fingerprint density at radius 1 is 1.12 bits per heavy atom. The standard InChI is InChI=1S/C23H33F3N2O3S/c1-22(2,32(30,31)19-10-6-9-18(14-19)23(24,25)26)11-12-27-21(29)20-13-17(15-28-20)16-7-4-3-5-8-16/h6,9-10,14,16-17,20,28H,3-5,7-8,11-13,15H2,1-2H3,(H,27,29)/t17-,20+/m1/s1. The van der Waals surface area contributed by atoms with Crippen molar-refractivity contribution in [2.75, 3.05) is 13.1 Å². The van der Waals surface area contributed by atoms with Gasteiger partial charge in [-0.25, -0.2) is 8.42 Å². The largest absolute Gasteiger partial charge is 0.416 e. The van der Waals surface area contributed by atoms with E-state index in [1.807, 2.05) is 0 Å². The molecule has 1 aromatic rings. The van der Waals surface area contributed by atoms with E-state index < -0.39 is 26.3 Å². The first-order valence-electron chi connectivity index (χ1n) is 11.3. The van der Waals surface area contributed by atoms with Crippen LogP contribution in [0.2, 0.25) is 0 Å². The van der Waals surface area contributed by atoms with Gasteiger partial charge < -0.3 is 10.6 Å². The van der Waals surface area contributed by atoms with Crippen molar-refractivity contribution >= 4 is 15.7 Å². The van der Waals surface area contributed by atoms with Crippen LogP contribution in [0.15, 0.2) is 29.2 Å². The van der Waals surface area contributed by atoms with Gasteiger partial charge in [-0.15, -0.1) is 0 Å². The van der Waals surface area contributed by atoms with Gasteiger partial charge in [0.15, 0.2) is 9.84 Å². The summed E-state index contributed by atoms with van der Waals surface area (Å²) in [6.07, 6.45) is 2.52. The molecule has 0 aromatic heterocycles. The summed E-state index contributed by atoms with van der Waals surface area (Å²) in [5.74, 6) is 1.03. The number of sulfone groups is 1. The van der Waals surface area contributed by atoms with E-state index >= 15 is 0 Å². The van der Waals surface area contributed by atoms with Gasteiger partial charge in [0.05, 0.1) is 21.2 Å². The summed E-state index contributed by atoms with van der Waals surface area (Å²) >= 11 is 0. The van der Waals surface area contributed by atoms with E-state index in [9.17, 15) is 26.4 Å².